The number of guanidine groups is 1. The Balaban J connectivity index is 0.00000133. The lowest BCUT2D eigenvalue weighted by Gasteiger charge is -2.14. The first-order chi connectivity index (χ1) is 8.72. The number of nitrogens with zero attached hydrogens (tertiary/aromatic N) is 4. The number of hydrogen-bond acceptors (Lipinski definition) is 4. The summed E-state index contributed by atoms with van der Waals surface area (Å²) in [6.07, 6.45) is 3.83. The van der Waals surface area contributed by atoms with Gasteiger partial charge in [-0.25, -0.2) is 4.98 Å². The van der Waals surface area contributed by atoms with Gasteiger partial charge >= 0.3 is 0 Å². The third-order valence-electron chi connectivity index (χ3n) is 2.95. The van der Waals surface area contributed by atoms with Crippen molar-refractivity contribution in [2.75, 3.05) is 20.1 Å². The van der Waals surface area contributed by atoms with Crippen molar-refractivity contribution >= 4 is 47.2 Å². The Bertz CT molecular complexity index is 609. The molecule has 0 amide bonds. The van der Waals surface area contributed by atoms with Gasteiger partial charge in [0.15, 0.2) is 5.96 Å². The summed E-state index contributed by atoms with van der Waals surface area (Å²) in [6.45, 7) is 2.51. The maximum absolute atomic E-state index is 5.94. The number of aliphatic imine (C=N–C) groups is 1. The highest BCUT2D eigenvalue weighted by Gasteiger charge is 2.12. The molecule has 0 saturated carbocycles. The molecule has 0 aromatic carbocycles. The van der Waals surface area contributed by atoms with Gasteiger partial charge in [-0.3, -0.25) is 4.99 Å². The number of fused-ring (bicyclic) bond motifs is 1. The summed E-state index contributed by atoms with van der Waals surface area (Å²) < 4.78 is 1.93. The van der Waals surface area contributed by atoms with E-state index in [0.29, 0.717) is 11.6 Å². The van der Waals surface area contributed by atoms with Gasteiger partial charge in [0.1, 0.15) is 5.65 Å². The van der Waals surface area contributed by atoms with E-state index in [1.807, 2.05) is 36.0 Å². The van der Waals surface area contributed by atoms with Crippen LogP contribution < -0.4 is 5.32 Å². The van der Waals surface area contributed by atoms with Crippen LogP contribution >= 0.6 is 35.6 Å². The number of rotatable bonds is 2. The fraction of sp³-hybridized carbons (Fsp3) is 0.333. The van der Waals surface area contributed by atoms with Crippen molar-refractivity contribution in [3.8, 4) is 0 Å². The molecular weight excluding hydrogens is 377 g/mol. The number of pyridine rings is 1. The van der Waals surface area contributed by atoms with Crippen LogP contribution in [0.1, 0.15) is 5.69 Å². The lowest BCUT2D eigenvalue weighted by atomic mass is 10.5. The van der Waals surface area contributed by atoms with Crippen LogP contribution in [0.5, 0.6) is 0 Å². The summed E-state index contributed by atoms with van der Waals surface area (Å²) >= 11 is 5.94. The number of hydrogen-bond donors (Lipinski definition) is 1. The average Bonchev–Trinajstić information content (AvgIpc) is 2.92. The highest BCUT2D eigenvalue weighted by molar-refractivity contribution is 14.0. The fourth-order valence-electron chi connectivity index (χ4n) is 2.00. The second-order valence-corrected chi connectivity index (χ2v) is 4.76. The maximum atomic E-state index is 5.94. The number of nitrogens with one attached hydrogen (secondary N) is 1. The van der Waals surface area contributed by atoms with Gasteiger partial charge in [0, 0.05) is 26.0 Å². The first-order valence-electron chi connectivity index (χ1n) is 5.85. The summed E-state index contributed by atoms with van der Waals surface area (Å²) in [5.41, 5.74) is 1.87. The SMILES string of the molecule is CN1CCN=C1NCc1cn2cc(Cl)ccc2n1.I. The maximum Gasteiger partial charge on any atom is 0.194 e. The van der Waals surface area contributed by atoms with E-state index in [4.69, 9.17) is 11.6 Å². The molecule has 1 aliphatic heterocycles. The molecule has 3 heterocycles. The van der Waals surface area contributed by atoms with Crippen molar-refractivity contribution in [2.24, 2.45) is 4.99 Å². The van der Waals surface area contributed by atoms with Gasteiger partial charge in [0.2, 0.25) is 0 Å². The van der Waals surface area contributed by atoms with Gasteiger partial charge in [0.05, 0.1) is 23.8 Å². The fourth-order valence-corrected chi connectivity index (χ4v) is 2.16. The number of aromatic nitrogens is 2. The van der Waals surface area contributed by atoms with Crippen LogP contribution in [0.2, 0.25) is 5.02 Å². The van der Waals surface area contributed by atoms with Gasteiger partial charge in [-0.1, -0.05) is 11.6 Å². The number of likely N-dealkylation sites (N-methyl/N-ethyl adjacent to an activating group) is 1. The van der Waals surface area contributed by atoms with Crippen LogP contribution in [0.3, 0.4) is 0 Å². The summed E-state index contributed by atoms with van der Waals surface area (Å²) in [7, 11) is 2.03. The minimum absolute atomic E-state index is 0. The second kappa shape index (κ2) is 5.96. The van der Waals surface area contributed by atoms with E-state index in [2.05, 4.69) is 20.2 Å². The van der Waals surface area contributed by atoms with Crippen LogP contribution in [0.25, 0.3) is 5.65 Å². The Kier molecular flexibility index (Phi) is 4.51. The second-order valence-electron chi connectivity index (χ2n) is 4.33. The molecule has 3 rings (SSSR count). The molecule has 5 nitrogen and oxygen atoms in total. The van der Waals surface area contributed by atoms with Crippen molar-refractivity contribution in [1.29, 1.82) is 0 Å². The molecule has 0 fully saturated rings. The molecule has 0 atom stereocenters. The quantitative estimate of drug-likeness (QED) is 0.797. The molecule has 102 valence electrons. The van der Waals surface area contributed by atoms with Crippen molar-refractivity contribution in [2.45, 2.75) is 6.54 Å². The zero-order valence-corrected chi connectivity index (χ0v) is 13.6. The zero-order valence-electron chi connectivity index (χ0n) is 10.5. The molecule has 0 radical (unpaired) electrons. The zero-order chi connectivity index (χ0) is 12.5. The van der Waals surface area contributed by atoms with Gasteiger partial charge in [-0.15, -0.1) is 24.0 Å². The van der Waals surface area contributed by atoms with Crippen molar-refractivity contribution in [1.82, 2.24) is 19.6 Å². The van der Waals surface area contributed by atoms with E-state index in [0.717, 1.165) is 30.4 Å². The Morgan fingerprint density at radius 1 is 1.37 bits per heavy atom. The first kappa shape index (κ1) is 14.4. The molecule has 2 aromatic heterocycles. The van der Waals surface area contributed by atoms with Crippen molar-refractivity contribution in [3.63, 3.8) is 0 Å². The lowest BCUT2D eigenvalue weighted by Crippen LogP contribution is -2.35. The van der Waals surface area contributed by atoms with E-state index < -0.39 is 0 Å². The molecule has 2 aromatic rings. The summed E-state index contributed by atoms with van der Waals surface area (Å²) in [5, 5.41) is 4.00. The average molecular weight is 392 g/mol. The summed E-state index contributed by atoms with van der Waals surface area (Å²) in [6, 6.07) is 3.75. The Morgan fingerprint density at radius 2 is 2.21 bits per heavy atom. The van der Waals surface area contributed by atoms with Crippen LogP contribution in [0, 0.1) is 0 Å². The molecule has 19 heavy (non-hydrogen) atoms. The first-order valence-corrected chi connectivity index (χ1v) is 6.23. The third-order valence-corrected chi connectivity index (χ3v) is 3.17. The minimum Gasteiger partial charge on any atom is -0.351 e. The Labute approximate surface area is 133 Å². The molecule has 1 N–H and O–H groups in total. The number of imidazole rings is 1. The van der Waals surface area contributed by atoms with Crippen LogP contribution in [0.4, 0.5) is 0 Å². The number of halogens is 2. The van der Waals surface area contributed by atoms with Gasteiger partial charge < -0.3 is 14.6 Å². The van der Waals surface area contributed by atoms with Crippen molar-refractivity contribution in [3.05, 3.63) is 35.2 Å². The van der Waals surface area contributed by atoms with Gasteiger partial charge in [-0.05, 0) is 12.1 Å². The van der Waals surface area contributed by atoms with Crippen LogP contribution in [-0.2, 0) is 6.54 Å². The third kappa shape index (κ3) is 3.11. The molecule has 1 aliphatic rings. The molecule has 0 unspecified atom stereocenters. The lowest BCUT2D eigenvalue weighted by molar-refractivity contribution is 0.533. The van der Waals surface area contributed by atoms with E-state index in [-0.39, 0.29) is 24.0 Å². The van der Waals surface area contributed by atoms with Crippen LogP contribution in [-0.4, -0.2) is 40.4 Å². The summed E-state index contributed by atoms with van der Waals surface area (Å²) in [5.74, 6) is 0.935. The van der Waals surface area contributed by atoms with Crippen LogP contribution in [0.15, 0.2) is 29.5 Å². The van der Waals surface area contributed by atoms with Gasteiger partial charge in [-0.2, -0.15) is 0 Å². The standard InChI is InChI=1S/C12H14ClN5.HI/c1-17-5-4-14-12(17)15-6-10-8-18-7-9(13)2-3-11(18)16-10;/h2-3,7-8H,4-6H2,1H3,(H,14,15);1H. The molecule has 0 saturated heterocycles. The predicted molar refractivity (Wildman–Crippen MR) is 87.4 cm³/mol. The molecule has 7 heteroatoms. The highest BCUT2D eigenvalue weighted by Crippen LogP contribution is 2.11. The van der Waals surface area contributed by atoms with E-state index in [1.165, 1.54) is 0 Å². The Morgan fingerprint density at radius 3 is 2.95 bits per heavy atom. The molecule has 0 spiro atoms. The molecule has 0 bridgehead atoms. The minimum atomic E-state index is 0. The largest absolute Gasteiger partial charge is 0.351 e. The van der Waals surface area contributed by atoms with Gasteiger partial charge in [0.25, 0.3) is 0 Å². The topological polar surface area (TPSA) is 44.9 Å². The van der Waals surface area contributed by atoms with E-state index >= 15 is 0 Å². The monoisotopic (exact) mass is 391 g/mol. The van der Waals surface area contributed by atoms with E-state index in [1.54, 1.807) is 0 Å². The van der Waals surface area contributed by atoms with E-state index in [9.17, 15) is 0 Å². The van der Waals surface area contributed by atoms with Crippen molar-refractivity contribution < 1.29 is 0 Å². The molecular formula is C12H15ClIN5. The normalized spacial score (nSPS) is 14.4. The molecule has 0 aliphatic carbocycles. The summed E-state index contributed by atoms with van der Waals surface area (Å²) in [4.78, 5) is 11.0. The Hall–Kier alpha value is -1.02. The smallest absolute Gasteiger partial charge is 0.194 e. The highest BCUT2D eigenvalue weighted by atomic mass is 127. The predicted octanol–water partition coefficient (Wildman–Crippen LogP) is 2.00.